The molecule has 2 aromatic rings. The Bertz CT molecular complexity index is 734. The summed E-state index contributed by atoms with van der Waals surface area (Å²) in [7, 11) is -4.09. The lowest BCUT2D eigenvalue weighted by Crippen LogP contribution is -1.95. The van der Waals surface area contributed by atoms with Crippen molar-refractivity contribution in [2.75, 3.05) is 0 Å². The summed E-state index contributed by atoms with van der Waals surface area (Å²) in [4.78, 5) is 18.1. The van der Waals surface area contributed by atoms with Crippen molar-refractivity contribution in [3.63, 3.8) is 0 Å². The van der Waals surface area contributed by atoms with Crippen LogP contribution in [-0.2, 0) is 10.7 Å². The minimum absolute atomic E-state index is 0.191. The second kappa shape index (κ2) is 7.04. The Labute approximate surface area is 155 Å². The molecule has 3 N–H and O–H groups in total. The molecule has 0 aromatic heterocycles. The number of ether oxygens (including phenoxy) is 1. The lowest BCUT2D eigenvalue weighted by atomic mass is 10.1. The number of phenolic OH excluding ortho intramolecular Hbond substituents is 1. The molecule has 0 aliphatic heterocycles. The Morgan fingerprint density at radius 2 is 1.82 bits per heavy atom. The first-order valence-corrected chi connectivity index (χ1v) is 10.1. The fourth-order valence-corrected chi connectivity index (χ4v) is 4.01. The van der Waals surface area contributed by atoms with Crippen molar-refractivity contribution in [3.05, 3.63) is 48.6 Å². The Balaban J connectivity index is 2.32. The third-order valence-corrected chi connectivity index (χ3v) is 5.26. The quantitative estimate of drug-likeness (QED) is 0.392. The van der Waals surface area contributed by atoms with Gasteiger partial charge < -0.3 is 19.6 Å². The van der Waals surface area contributed by atoms with Gasteiger partial charge in [-0.25, -0.2) is 0 Å². The van der Waals surface area contributed by atoms with Gasteiger partial charge in [0.15, 0.2) is 0 Å². The van der Waals surface area contributed by atoms with Crippen LogP contribution in [0.15, 0.2) is 30.3 Å². The first-order valence-electron chi connectivity index (χ1n) is 6.15. The van der Waals surface area contributed by atoms with E-state index in [0.29, 0.717) is 20.6 Å². The van der Waals surface area contributed by atoms with Gasteiger partial charge >= 0.3 is 7.60 Å². The van der Waals surface area contributed by atoms with E-state index >= 15 is 0 Å². The molecule has 5 nitrogen and oxygen atoms in total. The molecule has 0 bridgehead atoms. The maximum absolute atomic E-state index is 11.1. The average molecular weight is 546 g/mol. The number of halogens is 2. The number of aryl methyl sites for hydroxylation is 1. The second-order valence-corrected chi connectivity index (χ2v) is 8.73. The SMILES string of the molecule is Cc1cc(CP(=O)(O)O)cc(I)c1Oc1ccc(O)c(I)c1. The van der Waals surface area contributed by atoms with Crippen molar-refractivity contribution in [2.24, 2.45) is 0 Å². The van der Waals surface area contributed by atoms with Gasteiger partial charge in [0.2, 0.25) is 0 Å². The van der Waals surface area contributed by atoms with Crippen LogP contribution in [0.4, 0.5) is 0 Å². The van der Waals surface area contributed by atoms with Crippen LogP contribution in [0.3, 0.4) is 0 Å². The van der Waals surface area contributed by atoms with Gasteiger partial charge in [0.1, 0.15) is 17.2 Å². The van der Waals surface area contributed by atoms with Gasteiger partial charge in [-0.2, -0.15) is 0 Å². The van der Waals surface area contributed by atoms with E-state index in [0.717, 1.165) is 9.13 Å². The minimum Gasteiger partial charge on any atom is -0.507 e. The monoisotopic (exact) mass is 546 g/mol. The van der Waals surface area contributed by atoms with Crippen LogP contribution in [0.2, 0.25) is 0 Å². The largest absolute Gasteiger partial charge is 0.507 e. The molecule has 118 valence electrons. The first-order chi connectivity index (χ1) is 10.2. The topological polar surface area (TPSA) is 87.0 Å². The summed E-state index contributed by atoms with van der Waals surface area (Å²) >= 11 is 4.09. The van der Waals surface area contributed by atoms with Crippen LogP contribution >= 0.6 is 52.8 Å². The number of benzene rings is 2. The molecule has 2 aromatic carbocycles. The summed E-state index contributed by atoms with van der Waals surface area (Å²) in [6.45, 7) is 1.83. The normalized spacial score (nSPS) is 11.5. The summed E-state index contributed by atoms with van der Waals surface area (Å²) in [6, 6.07) is 8.35. The smallest absolute Gasteiger partial charge is 0.329 e. The molecule has 22 heavy (non-hydrogen) atoms. The van der Waals surface area contributed by atoms with E-state index in [-0.39, 0.29) is 11.9 Å². The van der Waals surface area contributed by atoms with E-state index in [4.69, 9.17) is 14.5 Å². The summed E-state index contributed by atoms with van der Waals surface area (Å²) < 4.78 is 18.4. The lowest BCUT2D eigenvalue weighted by Gasteiger charge is -2.14. The van der Waals surface area contributed by atoms with Crippen molar-refractivity contribution < 1.29 is 24.2 Å². The molecule has 0 aliphatic carbocycles. The van der Waals surface area contributed by atoms with Gasteiger partial charge in [-0.1, -0.05) is 6.07 Å². The molecular weight excluding hydrogens is 533 g/mol. The molecular formula is C14H13I2O5P. The fourth-order valence-electron chi connectivity index (χ4n) is 1.93. The van der Waals surface area contributed by atoms with E-state index in [1.807, 2.05) is 29.5 Å². The predicted molar refractivity (Wildman–Crippen MR) is 101 cm³/mol. The molecule has 8 heteroatoms. The van der Waals surface area contributed by atoms with Gasteiger partial charge in [0.05, 0.1) is 13.3 Å². The highest BCUT2D eigenvalue weighted by atomic mass is 127. The number of phenols is 1. The third-order valence-electron chi connectivity index (χ3n) is 2.82. The van der Waals surface area contributed by atoms with Crippen LogP contribution in [0.25, 0.3) is 0 Å². The molecule has 0 unspecified atom stereocenters. The Hall–Kier alpha value is -0.350. The molecule has 0 saturated heterocycles. The zero-order valence-electron chi connectivity index (χ0n) is 11.5. The van der Waals surface area contributed by atoms with Crippen molar-refractivity contribution in [1.82, 2.24) is 0 Å². The van der Waals surface area contributed by atoms with Crippen molar-refractivity contribution in [2.45, 2.75) is 13.1 Å². The van der Waals surface area contributed by atoms with Gasteiger partial charge in [-0.15, -0.1) is 0 Å². The Morgan fingerprint density at radius 1 is 1.14 bits per heavy atom. The summed E-state index contributed by atoms with van der Waals surface area (Å²) in [5.74, 6) is 1.42. The summed E-state index contributed by atoms with van der Waals surface area (Å²) in [5.41, 5.74) is 1.36. The fraction of sp³-hybridized carbons (Fsp3) is 0.143. The Kier molecular flexibility index (Phi) is 5.76. The van der Waals surface area contributed by atoms with Gasteiger partial charge in [-0.05, 0) is 87.5 Å². The van der Waals surface area contributed by atoms with Crippen LogP contribution < -0.4 is 4.74 Å². The zero-order valence-corrected chi connectivity index (χ0v) is 16.7. The molecule has 0 heterocycles. The third kappa shape index (κ3) is 4.82. The predicted octanol–water partition coefficient (Wildman–Crippen LogP) is 4.38. The molecule has 0 spiro atoms. The van der Waals surface area contributed by atoms with E-state index < -0.39 is 7.60 Å². The second-order valence-electron chi connectivity index (χ2n) is 4.76. The lowest BCUT2D eigenvalue weighted by molar-refractivity contribution is 0.371. The van der Waals surface area contributed by atoms with E-state index in [1.165, 1.54) is 0 Å². The van der Waals surface area contributed by atoms with Gasteiger partial charge in [0.25, 0.3) is 0 Å². The summed E-state index contributed by atoms with van der Waals surface area (Å²) in [6.07, 6.45) is -0.290. The van der Waals surface area contributed by atoms with Gasteiger partial charge in [-0.3, -0.25) is 4.57 Å². The highest BCUT2D eigenvalue weighted by molar-refractivity contribution is 14.1. The minimum atomic E-state index is -4.09. The number of hydrogen-bond acceptors (Lipinski definition) is 3. The maximum Gasteiger partial charge on any atom is 0.329 e. The van der Waals surface area contributed by atoms with E-state index in [2.05, 4.69) is 22.6 Å². The molecule has 0 atom stereocenters. The van der Waals surface area contributed by atoms with E-state index in [1.54, 1.807) is 30.3 Å². The molecule has 0 fully saturated rings. The first kappa shape index (κ1) is 18.0. The number of hydrogen-bond donors (Lipinski definition) is 3. The molecule has 0 radical (unpaired) electrons. The molecule has 2 rings (SSSR count). The van der Waals surface area contributed by atoms with Crippen LogP contribution in [0.5, 0.6) is 17.2 Å². The van der Waals surface area contributed by atoms with E-state index in [9.17, 15) is 9.67 Å². The molecule has 0 amide bonds. The molecule has 0 aliphatic rings. The van der Waals surface area contributed by atoms with Crippen molar-refractivity contribution in [3.8, 4) is 17.2 Å². The van der Waals surface area contributed by atoms with Crippen molar-refractivity contribution in [1.29, 1.82) is 0 Å². The highest BCUT2D eigenvalue weighted by Crippen LogP contribution is 2.41. The van der Waals surface area contributed by atoms with Crippen LogP contribution in [0.1, 0.15) is 11.1 Å². The Morgan fingerprint density at radius 3 is 2.36 bits per heavy atom. The number of rotatable bonds is 4. The van der Waals surface area contributed by atoms with Gasteiger partial charge in [0, 0.05) is 0 Å². The van der Waals surface area contributed by atoms with Crippen molar-refractivity contribution >= 4 is 52.8 Å². The number of aromatic hydroxyl groups is 1. The van der Waals surface area contributed by atoms with Crippen LogP contribution in [0, 0.1) is 14.1 Å². The zero-order chi connectivity index (χ0) is 16.5. The van der Waals surface area contributed by atoms with Crippen LogP contribution in [-0.4, -0.2) is 14.9 Å². The average Bonchev–Trinajstić information content (AvgIpc) is 2.36. The standard InChI is InChI=1S/C14H13I2O5P/c1-8-4-9(7-22(18,19)20)5-12(16)14(8)21-10-2-3-13(17)11(15)6-10/h2-6,17H,7H2,1H3,(H2,18,19,20). The summed E-state index contributed by atoms with van der Waals surface area (Å²) in [5, 5.41) is 9.53. The maximum atomic E-state index is 11.1. The highest BCUT2D eigenvalue weighted by Gasteiger charge is 2.17. The molecule has 0 saturated carbocycles.